The molecule has 1 aliphatic rings. The van der Waals surface area contributed by atoms with Crippen LogP contribution in [0.15, 0.2) is 72.5 Å². The smallest absolute Gasteiger partial charge is 0.291 e. The average molecular weight is 444 g/mol. The van der Waals surface area contributed by atoms with Crippen LogP contribution < -0.4 is 24.8 Å². The van der Waals surface area contributed by atoms with Gasteiger partial charge in [-0.2, -0.15) is 0 Å². The van der Waals surface area contributed by atoms with Gasteiger partial charge in [-0.05, 0) is 60.0 Å². The largest absolute Gasteiger partial charge is 0.493 e. The fourth-order valence-corrected chi connectivity index (χ4v) is 3.44. The predicted octanol–water partition coefficient (Wildman–Crippen LogP) is 4.05. The van der Waals surface area contributed by atoms with Crippen LogP contribution in [0.5, 0.6) is 17.2 Å². The zero-order valence-electron chi connectivity index (χ0n) is 18.4. The molecule has 7 heteroatoms. The van der Waals surface area contributed by atoms with E-state index in [2.05, 4.69) is 10.6 Å². The normalized spacial score (nSPS) is 13.5. The van der Waals surface area contributed by atoms with E-state index in [9.17, 15) is 9.59 Å². The number of anilines is 1. The number of para-hydroxylation sites is 2. The molecule has 0 spiro atoms. The molecule has 1 heterocycles. The Morgan fingerprint density at radius 1 is 1.00 bits per heavy atom. The van der Waals surface area contributed by atoms with Crippen LogP contribution in [0.4, 0.5) is 5.69 Å². The molecule has 0 saturated carbocycles. The Labute approximate surface area is 192 Å². The molecule has 0 atom stereocenters. The van der Waals surface area contributed by atoms with Crippen molar-refractivity contribution in [2.24, 2.45) is 0 Å². The Morgan fingerprint density at radius 3 is 2.52 bits per heavy atom. The van der Waals surface area contributed by atoms with Crippen molar-refractivity contribution in [3.8, 4) is 17.2 Å². The zero-order chi connectivity index (χ0) is 23.2. The summed E-state index contributed by atoms with van der Waals surface area (Å²) in [4.78, 5) is 24.8. The van der Waals surface area contributed by atoms with Crippen LogP contribution >= 0.6 is 0 Å². The fourth-order valence-electron chi connectivity index (χ4n) is 3.44. The van der Waals surface area contributed by atoms with Gasteiger partial charge >= 0.3 is 0 Å². The SMILES string of the molecule is COc1ccc(CCNC(=O)c2ccc(/C=C3\Oc4ccccc4NC3=O)cc2)cc1OC. The van der Waals surface area contributed by atoms with Crippen molar-refractivity contribution in [2.45, 2.75) is 6.42 Å². The van der Waals surface area contributed by atoms with Crippen molar-refractivity contribution >= 4 is 23.6 Å². The quantitative estimate of drug-likeness (QED) is 0.537. The summed E-state index contributed by atoms with van der Waals surface area (Å²) in [6.45, 7) is 0.480. The summed E-state index contributed by atoms with van der Waals surface area (Å²) in [5, 5.41) is 5.72. The molecule has 0 saturated heterocycles. The molecule has 0 radical (unpaired) electrons. The lowest BCUT2D eigenvalue weighted by Gasteiger charge is -2.19. The molecule has 2 N–H and O–H groups in total. The molecule has 0 unspecified atom stereocenters. The Morgan fingerprint density at radius 2 is 1.76 bits per heavy atom. The number of amides is 2. The van der Waals surface area contributed by atoms with Crippen LogP contribution in [-0.4, -0.2) is 32.6 Å². The molecule has 33 heavy (non-hydrogen) atoms. The van der Waals surface area contributed by atoms with Crippen LogP contribution in [0, 0.1) is 0 Å². The van der Waals surface area contributed by atoms with E-state index in [0.29, 0.717) is 41.5 Å². The highest BCUT2D eigenvalue weighted by atomic mass is 16.5. The van der Waals surface area contributed by atoms with E-state index in [1.165, 1.54) is 0 Å². The van der Waals surface area contributed by atoms with Gasteiger partial charge in [0.1, 0.15) is 0 Å². The van der Waals surface area contributed by atoms with E-state index in [-0.39, 0.29) is 17.6 Å². The van der Waals surface area contributed by atoms with Gasteiger partial charge in [0, 0.05) is 12.1 Å². The monoisotopic (exact) mass is 444 g/mol. The molecule has 2 amide bonds. The van der Waals surface area contributed by atoms with Crippen molar-refractivity contribution in [2.75, 3.05) is 26.1 Å². The molecule has 3 aromatic rings. The second kappa shape index (κ2) is 9.91. The standard InChI is InChI=1S/C26H24N2O5/c1-31-22-12-9-18(15-23(22)32-2)13-14-27-25(29)19-10-7-17(8-11-19)16-24-26(30)28-20-5-3-4-6-21(20)33-24/h3-12,15-16H,13-14H2,1-2H3,(H,27,29)(H,28,30)/b24-16-. The van der Waals surface area contributed by atoms with Crippen LogP contribution in [0.25, 0.3) is 6.08 Å². The van der Waals surface area contributed by atoms with Gasteiger partial charge in [0.15, 0.2) is 23.0 Å². The van der Waals surface area contributed by atoms with Gasteiger partial charge in [-0.1, -0.05) is 30.3 Å². The number of methoxy groups -OCH3 is 2. The lowest BCUT2D eigenvalue weighted by Crippen LogP contribution is -2.25. The summed E-state index contributed by atoms with van der Waals surface area (Å²) < 4.78 is 16.3. The minimum Gasteiger partial charge on any atom is -0.493 e. The van der Waals surface area contributed by atoms with Crippen LogP contribution in [0.2, 0.25) is 0 Å². The van der Waals surface area contributed by atoms with Crippen LogP contribution in [0.1, 0.15) is 21.5 Å². The minimum absolute atomic E-state index is 0.171. The molecule has 0 aliphatic carbocycles. The average Bonchev–Trinajstić information content (AvgIpc) is 2.84. The first kappa shape index (κ1) is 22.0. The molecule has 0 fully saturated rings. The molecule has 168 valence electrons. The fraction of sp³-hybridized carbons (Fsp3) is 0.154. The number of nitrogens with one attached hydrogen (secondary N) is 2. The van der Waals surface area contributed by atoms with Gasteiger partial charge in [-0.15, -0.1) is 0 Å². The van der Waals surface area contributed by atoms with Crippen molar-refractivity contribution in [3.63, 3.8) is 0 Å². The maximum atomic E-state index is 12.5. The van der Waals surface area contributed by atoms with Gasteiger partial charge in [0.05, 0.1) is 19.9 Å². The number of carbonyl (C=O) groups is 2. The zero-order valence-corrected chi connectivity index (χ0v) is 18.4. The molecule has 7 nitrogen and oxygen atoms in total. The maximum Gasteiger partial charge on any atom is 0.291 e. The number of benzene rings is 3. The van der Waals surface area contributed by atoms with Gasteiger partial charge in [0.25, 0.3) is 11.8 Å². The summed E-state index contributed by atoms with van der Waals surface area (Å²) in [5.74, 6) is 1.63. The third-order valence-electron chi connectivity index (χ3n) is 5.20. The van der Waals surface area contributed by atoms with Crippen molar-refractivity contribution < 1.29 is 23.8 Å². The third kappa shape index (κ3) is 5.15. The predicted molar refractivity (Wildman–Crippen MR) is 126 cm³/mol. The minimum atomic E-state index is -0.314. The summed E-state index contributed by atoms with van der Waals surface area (Å²) >= 11 is 0. The van der Waals surface area contributed by atoms with Gasteiger partial charge < -0.3 is 24.8 Å². The van der Waals surface area contributed by atoms with Crippen molar-refractivity contribution in [1.82, 2.24) is 5.32 Å². The number of hydrogen-bond acceptors (Lipinski definition) is 5. The van der Waals surface area contributed by atoms with E-state index in [1.54, 1.807) is 56.7 Å². The van der Waals surface area contributed by atoms with E-state index >= 15 is 0 Å². The third-order valence-corrected chi connectivity index (χ3v) is 5.20. The number of hydrogen-bond donors (Lipinski definition) is 2. The van der Waals surface area contributed by atoms with Crippen molar-refractivity contribution in [1.29, 1.82) is 0 Å². The summed E-state index contributed by atoms with van der Waals surface area (Å²) in [6, 6.07) is 19.9. The lowest BCUT2D eigenvalue weighted by molar-refractivity contribution is -0.115. The van der Waals surface area contributed by atoms with E-state index in [4.69, 9.17) is 14.2 Å². The summed E-state index contributed by atoms with van der Waals surface area (Å²) in [7, 11) is 3.18. The molecular formula is C26H24N2O5. The van der Waals surface area contributed by atoms with E-state index in [1.807, 2.05) is 30.3 Å². The molecule has 3 aromatic carbocycles. The maximum absolute atomic E-state index is 12.5. The lowest BCUT2D eigenvalue weighted by atomic mass is 10.1. The van der Waals surface area contributed by atoms with E-state index < -0.39 is 0 Å². The molecular weight excluding hydrogens is 420 g/mol. The Bertz CT molecular complexity index is 1200. The summed E-state index contributed by atoms with van der Waals surface area (Å²) in [6.07, 6.45) is 2.30. The highest BCUT2D eigenvalue weighted by Crippen LogP contribution is 2.31. The summed E-state index contributed by atoms with van der Waals surface area (Å²) in [5.41, 5.74) is 2.95. The Kier molecular flexibility index (Phi) is 6.59. The number of rotatable bonds is 7. The number of carbonyl (C=O) groups excluding carboxylic acids is 2. The van der Waals surface area contributed by atoms with Crippen LogP contribution in [0.3, 0.4) is 0 Å². The first-order valence-corrected chi connectivity index (χ1v) is 10.5. The Balaban J connectivity index is 1.35. The second-order valence-corrected chi connectivity index (χ2v) is 7.38. The topological polar surface area (TPSA) is 85.9 Å². The first-order valence-electron chi connectivity index (χ1n) is 10.5. The number of fused-ring (bicyclic) bond motifs is 1. The molecule has 0 aromatic heterocycles. The Hall–Kier alpha value is -4.26. The number of ether oxygens (including phenoxy) is 3. The first-order chi connectivity index (χ1) is 16.1. The highest BCUT2D eigenvalue weighted by Gasteiger charge is 2.21. The van der Waals surface area contributed by atoms with E-state index in [0.717, 1.165) is 11.1 Å². The molecule has 0 bridgehead atoms. The van der Waals surface area contributed by atoms with Gasteiger partial charge in [0.2, 0.25) is 0 Å². The molecule has 4 rings (SSSR count). The highest BCUT2D eigenvalue weighted by molar-refractivity contribution is 6.08. The van der Waals surface area contributed by atoms with Crippen LogP contribution in [-0.2, 0) is 11.2 Å². The van der Waals surface area contributed by atoms with Crippen molar-refractivity contribution in [3.05, 3.63) is 89.2 Å². The van der Waals surface area contributed by atoms with Gasteiger partial charge in [-0.25, -0.2) is 0 Å². The second-order valence-electron chi connectivity index (χ2n) is 7.38. The van der Waals surface area contributed by atoms with Gasteiger partial charge in [-0.3, -0.25) is 9.59 Å². The molecule has 1 aliphatic heterocycles.